The second-order valence-corrected chi connectivity index (χ2v) is 7.39. The molecule has 1 N–H and O–H groups in total. The normalized spacial score (nSPS) is 16.2. The van der Waals surface area contributed by atoms with Crippen LogP contribution >= 0.6 is 0 Å². The number of hydrogen-bond donors (Lipinski definition) is 1. The Hall–Kier alpha value is -2.34. The molecule has 1 aromatic heterocycles. The van der Waals surface area contributed by atoms with Crippen molar-refractivity contribution in [2.24, 2.45) is 0 Å². The van der Waals surface area contributed by atoms with Crippen molar-refractivity contribution in [3.05, 3.63) is 36.0 Å². The van der Waals surface area contributed by atoms with Gasteiger partial charge in [-0.3, -0.25) is 9.88 Å². The highest BCUT2D eigenvalue weighted by Gasteiger charge is 2.26. The number of piperazine rings is 1. The number of aromatic hydroxyl groups is 1. The van der Waals surface area contributed by atoms with E-state index in [1.54, 1.807) is 17.2 Å². The molecule has 25 heavy (non-hydrogen) atoms. The number of fused-ring (bicyclic) bond motifs is 1. The maximum atomic E-state index is 12.1. The van der Waals surface area contributed by atoms with E-state index >= 15 is 0 Å². The van der Waals surface area contributed by atoms with Gasteiger partial charge in [0.1, 0.15) is 16.9 Å². The van der Waals surface area contributed by atoms with E-state index in [2.05, 4.69) is 9.88 Å². The summed E-state index contributed by atoms with van der Waals surface area (Å²) in [6, 6.07) is 7.50. The van der Waals surface area contributed by atoms with Crippen LogP contribution in [0.25, 0.3) is 10.9 Å². The van der Waals surface area contributed by atoms with Crippen LogP contribution in [-0.2, 0) is 11.3 Å². The minimum absolute atomic E-state index is 0.203. The van der Waals surface area contributed by atoms with Crippen LogP contribution in [0.2, 0.25) is 0 Å². The van der Waals surface area contributed by atoms with Gasteiger partial charge >= 0.3 is 6.09 Å². The third-order valence-electron chi connectivity index (χ3n) is 4.26. The van der Waals surface area contributed by atoms with Crippen molar-refractivity contribution in [1.29, 1.82) is 0 Å². The average Bonchev–Trinajstić information content (AvgIpc) is 2.57. The molecular formula is C19H25N3O3. The number of hydrogen-bond acceptors (Lipinski definition) is 5. The fourth-order valence-electron chi connectivity index (χ4n) is 3.01. The highest BCUT2D eigenvalue weighted by atomic mass is 16.6. The molecule has 134 valence electrons. The van der Waals surface area contributed by atoms with Crippen molar-refractivity contribution >= 4 is 17.0 Å². The first-order valence-electron chi connectivity index (χ1n) is 8.59. The van der Waals surface area contributed by atoms with E-state index in [-0.39, 0.29) is 11.8 Å². The van der Waals surface area contributed by atoms with Crippen LogP contribution in [0.1, 0.15) is 26.3 Å². The molecule has 1 amide bonds. The molecular weight excluding hydrogens is 318 g/mol. The Bertz CT molecular complexity index is 762. The molecule has 6 nitrogen and oxygen atoms in total. The molecule has 3 rings (SSSR count). The Kier molecular flexibility index (Phi) is 4.81. The number of nitrogens with zero attached hydrogens (tertiary/aromatic N) is 3. The van der Waals surface area contributed by atoms with Gasteiger partial charge in [-0.25, -0.2) is 4.79 Å². The molecule has 6 heteroatoms. The summed E-state index contributed by atoms with van der Waals surface area (Å²) in [4.78, 5) is 20.5. The Morgan fingerprint density at radius 3 is 2.60 bits per heavy atom. The van der Waals surface area contributed by atoms with Crippen LogP contribution in [0.3, 0.4) is 0 Å². The van der Waals surface area contributed by atoms with Gasteiger partial charge in [0.15, 0.2) is 0 Å². The number of ether oxygens (including phenoxy) is 1. The van der Waals surface area contributed by atoms with Gasteiger partial charge in [0.05, 0.1) is 0 Å². The molecule has 1 aliphatic heterocycles. The lowest BCUT2D eigenvalue weighted by Gasteiger charge is -2.35. The van der Waals surface area contributed by atoms with Crippen LogP contribution in [-0.4, -0.2) is 57.8 Å². The summed E-state index contributed by atoms with van der Waals surface area (Å²) in [5.41, 5.74) is 1.30. The second kappa shape index (κ2) is 6.88. The monoisotopic (exact) mass is 343 g/mol. The van der Waals surface area contributed by atoms with Crippen molar-refractivity contribution in [1.82, 2.24) is 14.8 Å². The maximum Gasteiger partial charge on any atom is 0.410 e. The number of phenolic OH excluding ortho intramolecular Hbond substituents is 1. The van der Waals surface area contributed by atoms with Gasteiger partial charge in [-0.1, -0.05) is 12.1 Å². The van der Waals surface area contributed by atoms with Crippen LogP contribution in [0.15, 0.2) is 30.5 Å². The van der Waals surface area contributed by atoms with E-state index in [4.69, 9.17) is 4.74 Å². The van der Waals surface area contributed by atoms with Gasteiger partial charge in [0, 0.05) is 44.3 Å². The molecule has 0 aliphatic carbocycles. The summed E-state index contributed by atoms with van der Waals surface area (Å²) >= 11 is 0. The Morgan fingerprint density at radius 2 is 1.92 bits per heavy atom. The van der Waals surface area contributed by atoms with Crippen molar-refractivity contribution < 1.29 is 14.6 Å². The van der Waals surface area contributed by atoms with Gasteiger partial charge in [-0.15, -0.1) is 0 Å². The minimum Gasteiger partial charge on any atom is -0.506 e. The van der Waals surface area contributed by atoms with Gasteiger partial charge in [0.2, 0.25) is 0 Å². The molecule has 1 saturated heterocycles. The smallest absolute Gasteiger partial charge is 0.410 e. The number of rotatable bonds is 2. The molecule has 2 aromatic rings. The largest absolute Gasteiger partial charge is 0.506 e. The van der Waals surface area contributed by atoms with Crippen molar-refractivity contribution in [2.75, 3.05) is 26.2 Å². The zero-order chi connectivity index (χ0) is 18.0. The molecule has 0 unspecified atom stereocenters. The SMILES string of the molecule is CC(C)(C)OC(=O)N1CCN(Cc2ccc(O)c3ncccc23)CC1. The number of aromatic nitrogens is 1. The second-order valence-electron chi connectivity index (χ2n) is 7.39. The van der Waals surface area contributed by atoms with E-state index in [1.165, 1.54) is 0 Å². The molecule has 0 bridgehead atoms. The molecule has 2 heterocycles. The fourth-order valence-corrected chi connectivity index (χ4v) is 3.01. The molecule has 1 aliphatic rings. The van der Waals surface area contributed by atoms with E-state index < -0.39 is 5.60 Å². The highest BCUT2D eigenvalue weighted by Crippen LogP contribution is 2.26. The number of benzene rings is 1. The van der Waals surface area contributed by atoms with Crippen molar-refractivity contribution in [3.8, 4) is 5.75 Å². The zero-order valence-corrected chi connectivity index (χ0v) is 15.0. The van der Waals surface area contributed by atoms with E-state index in [1.807, 2.05) is 39.0 Å². The molecule has 0 radical (unpaired) electrons. The first-order chi connectivity index (χ1) is 11.8. The highest BCUT2D eigenvalue weighted by molar-refractivity contribution is 5.87. The van der Waals surface area contributed by atoms with Crippen molar-refractivity contribution in [3.63, 3.8) is 0 Å². The molecule has 0 atom stereocenters. The fraction of sp³-hybridized carbons (Fsp3) is 0.474. The Morgan fingerprint density at radius 1 is 1.20 bits per heavy atom. The lowest BCUT2D eigenvalue weighted by atomic mass is 10.1. The topological polar surface area (TPSA) is 65.9 Å². The number of amides is 1. The van der Waals surface area contributed by atoms with Gasteiger partial charge in [-0.05, 0) is 38.5 Å². The summed E-state index contributed by atoms with van der Waals surface area (Å²) in [5, 5.41) is 10.9. The van der Waals surface area contributed by atoms with Gasteiger partial charge < -0.3 is 14.7 Å². The van der Waals surface area contributed by atoms with Crippen molar-refractivity contribution in [2.45, 2.75) is 32.9 Å². The summed E-state index contributed by atoms with van der Waals surface area (Å²) in [6.07, 6.45) is 1.44. The third-order valence-corrected chi connectivity index (χ3v) is 4.26. The Labute approximate surface area is 148 Å². The maximum absolute atomic E-state index is 12.1. The van der Waals surface area contributed by atoms with Gasteiger partial charge in [0.25, 0.3) is 0 Å². The number of carbonyl (C=O) groups excluding carboxylic acids is 1. The predicted octanol–water partition coefficient (Wildman–Crippen LogP) is 2.99. The summed E-state index contributed by atoms with van der Waals surface area (Å²) in [6.45, 7) is 9.31. The zero-order valence-electron chi connectivity index (χ0n) is 15.0. The molecule has 1 fully saturated rings. The number of phenols is 1. The number of pyridine rings is 1. The first kappa shape index (κ1) is 17.5. The van der Waals surface area contributed by atoms with Gasteiger partial charge in [-0.2, -0.15) is 0 Å². The average molecular weight is 343 g/mol. The molecule has 0 saturated carbocycles. The standard InChI is InChI=1S/C19H25N3O3/c1-19(2,3)25-18(24)22-11-9-21(10-12-22)13-14-6-7-16(23)17-15(14)5-4-8-20-17/h4-8,23H,9-13H2,1-3H3. The number of carbonyl (C=O) groups is 1. The summed E-state index contributed by atoms with van der Waals surface area (Å²) in [5.74, 6) is 0.203. The Balaban J connectivity index is 1.63. The minimum atomic E-state index is -0.466. The lowest BCUT2D eigenvalue weighted by Crippen LogP contribution is -2.49. The van der Waals surface area contributed by atoms with E-state index in [0.29, 0.717) is 18.6 Å². The van der Waals surface area contributed by atoms with Crippen LogP contribution in [0.4, 0.5) is 4.79 Å². The predicted molar refractivity (Wildman–Crippen MR) is 96.5 cm³/mol. The van der Waals surface area contributed by atoms with Crippen LogP contribution in [0, 0.1) is 0 Å². The molecule has 0 spiro atoms. The van der Waals surface area contributed by atoms with Crippen LogP contribution in [0.5, 0.6) is 5.75 Å². The third kappa shape index (κ3) is 4.20. The van der Waals surface area contributed by atoms with Crippen LogP contribution < -0.4 is 0 Å². The summed E-state index contributed by atoms with van der Waals surface area (Å²) in [7, 11) is 0. The summed E-state index contributed by atoms with van der Waals surface area (Å²) < 4.78 is 5.43. The van der Waals surface area contributed by atoms with E-state index in [9.17, 15) is 9.90 Å². The quantitative estimate of drug-likeness (QED) is 0.908. The lowest BCUT2D eigenvalue weighted by molar-refractivity contribution is 0.0139. The molecule has 1 aromatic carbocycles. The van der Waals surface area contributed by atoms with E-state index in [0.717, 1.165) is 30.6 Å². The first-order valence-corrected chi connectivity index (χ1v) is 8.59.